The Labute approximate surface area is 178 Å². The van der Waals surface area contributed by atoms with Gasteiger partial charge in [0.2, 0.25) is 11.8 Å². The van der Waals surface area contributed by atoms with E-state index >= 15 is 0 Å². The molecule has 0 aromatic rings. The molecule has 0 aromatic heterocycles. The average molecular weight is 419 g/mol. The van der Waals surface area contributed by atoms with Gasteiger partial charge in [-0.15, -0.1) is 0 Å². The Morgan fingerprint density at radius 3 is 2.13 bits per heavy atom. The van der Waals surface area contributed by atoms with Crippen LogP contribution in [-0.2, 0) is 14.4 Å². The number of carbonyl (C=O) groups excluding carboxylic acids is 4. The van der Waals surface area contributed by atoms with Crippen LogP contribution in [0, 0.1) is 11.8 Å². The number of carbonyl (C=O) groups is 4. The Balaban J connectivity index is 1.19. The number of hydrogen-bond donors (Lipinski definition) is 2. The molecule has 8 nitrogen and oxygen atoms in total. The van der Waals surface area contributed by atoms with Crippen LogP contribution in [-0.4, -0.2) is 65.3 Å². The highest BCUT2D eigenvalue weighted by Gasteiger charge is 2.49. The van der Waals surface area contributed by atoms with Crippen LogP contribution >= 0.6 is 0 Å². The number of nitrogens with one attached hydrogen (secondary N) is 2. The van der Waals surface area contributed by atoms with Gasteiger partial charge >= 0.3 is 6.03 Å². The fourth-order valence-corrected chi connectivity index (χ4v) is 5.63. The van der Waals surface area contributed by atoms with Gasteiger partial charge in [-0.2, -0.15) is 0 Å². The van der Waals surface area contributed by atoms with Crippen LogP contribution in [0.1, 0.15) is 70.6 Å². The number of amides is 5. The van der Waals surface area contributed by atoms with E-state index in [1.165, 1.54) is 32.1 Å². The van der Waals surface area contributed by atoms with Crippen LogP contribution in [0.2, 0.25) is 0 Å². The van der Waals surface area contributed by atoms with E-state index in [0.29, 0.717) is 64.2 Å². The average Bonchev–Trinajstić information content (AvgIpc) is 3.05. The van der Waals surface area contributed by atoms with E-state index in [0.717, 1.165) is 6.42 Å². The molecule has 4 rings (SSSR count). The molecule has 2 N–H and O–H groups in total. The fraction of sp³-hybridized carbons (Fsp3) is 0.818. The Morgan fingerprint density at radius 2 is 1.53 bits per heavy atom. The minimum atomic E-state index is -0.822. The minimum absolute atomic E-state index is 0.102. The molecule has 166 valence electrons. The summed E-state index contributed by atoms with van der Waals surface area (Å²) in [4.78, 5) is 52.8. The minimum Gasteiger partial charge on any atom is -0.339 e. The molecule has 2 heterocycles. The van der Waals surface area contributed by atoms with Gasteiger partial charge in [0.15, 0.2) is 0 Å². The molecular weight excluding hydrogens is 384 g/mol. The number of piperazine rings is 1. The van der Waals surface area contributed by atoms with E-state index < -0.39 is 11.6 Å². The molecule has 0 atom stereocenters. The molecule has 2 aliphatic carbocycles. The van der Waals surface area contributed by atoms with Crippen molar-refractivity contribution in [1.82, 2.24) is 20.4 Å². The largest absolute Gasteiger partial charge is 0.339 e. The van der Waals surface area contributed by atoms with Crippen LogP contribution in [0.15, 0.2) is 0 Å². The molecule has 0 unspecified atom stereocenters. The number of rotatable bonds is 4. The van der Waals surface area contributed by atoms with E-state index in [-0.39, 0.29) is 23.6 Å². The third kappa shape index (κ3) is 4.47. The SMILES string of the molecule is O=C1NC(=O)C2(CCC(C(=O)N3CCN(C(=O)CCC4CCCCC4)CC3)CC2)N1. The Bertz CT molecular complexity index is 687. The number of urea groups is 1. The second-order valence-corrected chi connectivity index (χ2v) is 9.51. The van der Waals surface area contributed by atoms with Gasteiger partial charge in [-0.3, -0.25) is 19.7 Å². The van der Waals surface area contributed by atoms with Crippen LogP contribution in [0.3, 0.4) is 0 Å². The molecule has 1 spiro atoms. The number of imide groups is 1. The predicted octanol–water partition coefficient (Wildman–Crippen LogP) is 1.79. The molecule has 4 aliphatic rings. The highest BCUT2D eigenvalue weighted by molar-refractivity contribution is 6.07. The molecule has 2 saturated heterocycles. The van der Waals surface area contributed by atoms with Gasteiger partial charge in [0.05, 0.1) is 0 Å². The highest BCUT2D eigenvalue weighted by Crippen LogP contribution is 2.35. The lowest BCUT2D eigenvalue weighted by Gasteiger charge is -2.39. The van der Waals surface area contributed by atoms with Crippen molar-refractivity contribution in [1.29, 1.82) is 0 Å². The summed E-state index contributed by atoms with van der Waals surface area (Å²) >= 11 is 0. The van der Waals surface area contributed by atoms with Crippen molar-refractivity contribution in [2.45, 2.75) is 76.2 Å². The summed E-state index contributed by atoms with van der Waals surface area (Å²) in [7, 11) is 0. The van der Waals surface area contributed by atoms with Gasteiger partial charge in [0.25, 0.3) is 5.91 Å². The van der Waals surface area contributed by atoms with E-state index in [2.05, 4.69) is 10.6 Å². The van der Waals surface area contributed by atoms with Crippen LogP contribution in [0.25, 0.3) is 0 Å². The summed E-state index contributed by atoms with van der Waals surface area (Å²) in [5.41, 5.74) is -0.822. The van der Waals surface area contributed by atoms with Gasteiger partial charge in [0.1, 0.15) is 5.54 Å². The quantitative estimate of drug-likeness (QED) is 0.680. The summed E-state index contributed by atoms with van der Waals surface area (Å²) in [6, 6.07) is -0.436. The highest BCUT2D eigenvalue weighted by atomic mass is 16.2. The van der Waals surface area contributed by atoms with Crippen LogP contribution < -0.4 is 10.6 Å². The van der Waals surface area contributed by atoms with Crippen molar-refractivity contribution in [3.63, 3.8) is 0 Å². The maximum Gasteiger partial charge on any atom is 0.322 e. The van der Waals surface area contributed by atoms with Crippen molar-refractivity contribution in [3.8, 4) is 0 Å². The van der Waals surface area contributed by atoms with Gasteiger partial charge in [-0.25, -0.2) is 4.79 Å². The fourth-order valence-electron chi connectivity index (χ4n) is 5.63. The first-order chi connectivity index (χ1) is 14.5. The van der Waals surface area contributed by atoms with Gasteiger partial charge in [-0.05, 0) is 38.0 Å². The summed E-state index contributed by atoms with van der Waals surface area (Å²) in [5.74, 6) is 0.708. The zero-order valence-corrected chi connectivity index (χ0v) is 17.8. The standard InChI is InChI=1S/C22H34N4O4/c27-18(7-6-16-4-2-1-3-5-16)25-12-14-26(15-13-25)19(28)17-8-10-22(11-9-17)20(29)23-21(30)24-22/h16-17H,1-15H2,(H2,23,24,29,30). The third-order valence-electron chi connectivity index (χ3n) is 7.64. The first-order valence-electron chi connectivity index (χ1n) is 11.7. The normalized spacial score (nSPS) is 30.3. The van der Waals surface area contributed by atoms with Crippen molar-refractivity contribution >= 4 is 23.8 Å². The zero-order chi connectivity index (χ0) is 21.1. The lowest BCUT2D eigenvalue weighted by Crippen LogP contribution is -2.54. The van der Waals surface area contributed by atoms with Crippen LogP contribution in [0.4, 0.5) is 4.79 Å². The number of hydrogen-bond acceptors (Lipinski definition) is 4. The summed E-state index contributed by atoms with van der Waals surface area (Å²) in [6.07, 6.45) is 10.3. The Morgan fingerprint density at radius 1 is 0.900 bits per heavy atom. The third-order valence-corrected chi connectivity index (χ3v) is 7.64. The second kappa shape index (κ2) is 8.94. The van der Waals surface area contributed by atoms with Crippen molar-refractivity contribution in [3.05, 3.63) is 0 Å². The molecule has 2 saturated carbocycles. The van der Waals surface area contributed by atoms with E-state index in [4.69, 9.17) is 0 Å². The monoisotopic (exact) mass is 418 g/mol. The van der Waals surface area contributed by atoms with Gasteiger partial charge < -0.3 is 15.1 Å². The number of nitrogens with zero attached hydrogens (tertiary/aromatic N) is 2. The van der Waals surface area contributed by atoms with Crippen molar-refractivity contribution in [2.75, 3.05) is 26.2 Å². The zero-order valence-electron chi connectivity index (χ0n) is 17.8. The first kappa shape index (κ1) is 21.1. The maximum atomic E-state index is 12.9. The van der Waals surface area contributed by atoms with Crippen LogP contribution in [0.5, 0.6) is 0 Å². The molecular formula is C22H34N4O4. The summed E-state index contributed by atoms with van der Waals surface area (Å²) in [5, 5.41) is 5.05. The maximum absolute atomic E-state index is 12.9. The Hall–Kier alpha value is -2.12. The molecule has 4 fully saturated rings. The first-order valence-corrected chi connectivity index (χ1v) is 11.7. The Kier molecular flexibility index (Phi) is 6.29. The molecule has 2 aliphatic heterocycles. The van der Waals surface area contributed by atoms with E-state index in [1.54, 1.807) is 0 Å². The topological polar surface area (TPSA) is 98.8 Å². The molecule has 30 heavy (non-hydrogen) atoms. The molecule has 0 radical (unpaired) electrons. The summed E-state index contributed by atoms with van der Waals surface area (Å²) < 4.78 is 0. The van der Waals surface area contributed by atoms with E-state index in [9.17, 15) is 19.2 Å². The van der Waals surface area contributed by atoms with Gasteiger partial charge in [0, 0.05) is 38.5 Å². The van der Waals surface area contributed by atoms with Gasteiger partial charge in [-0.1, -0.05) is 32.1 Å². The lowest BCUT2D eigenvalue weighted by molar-refractivity contribution is -0.143. The lowest BCUT2D eigenvalue weighted by atomic mass is 9.76. The van der Waals surface area contributed by atoms with E-state index in [1.807, 2.05) is 9.80 Å². The molecule has 0 aromatic carbocycles. The molecule has 8 heteroatoms. The predicted molar refractivity (Wildman–Crippen MR) is 110 cm³/mol. The van der Waals surface area contributed by atoms with Crippen molar-refractivity contribution < 1.29 is 19.2 Å². The second-order valence-electron chi connectivity index (χ2n) is 9.51. The van der Waals surface area contributed by atoms with Crippen molar-refractivity contribution in [2.24, 2.45) is 11.8 Å². The summed E-state index contributed by atoms with van der Waals surface area (Å²) in [6.45, 7) is 2.41. The molecule has 0 bridgehead atoms. The smallest absolute Gasteiger partial charge is 0.322 e. The molecule has 5 amide bonds.